The Balaban J connectivity index is 1.53. The molecule has 0 amide bonds. The van der Waals surface area contributed by atoms with Crippen LogP contribution in [0, 0.1) is 12.4 Å². The van der Waals surface area contributed by atoms with Crippen LogP contribution in [-0.4, -0.2) is 20.6 Å². The van der Waals surface area contributed by atoms with Gasteiger partial charge in [0.1, 0.15) is 17.3 Å². The van der Waals surface area contributed by atoms with Crippen molar-refractivity contribution in [3.63, 3.8) is 0 Å². The predicted octanol–water partition coefficient (Wildman–Crippen LogP) is 6.87. The summed E-state index contributed by atoms with van der Waals surface area (Å²) in [5.74, 6) is -0.435. The summed E-state index contributed by atoms with van der Waals surface area (Å²) in [4.78, 5) is 19.7. The number of carboxylic acids is 1. The topological polar surface area (TPSA) is 68.7 Å². The molecule has 3 aromatic carbocycles. The molecule has 5 rings (SSSR count). The van der Waals surface area contributed by atoms with E-state index in [0.29, 0.717) is 34.1 Å². The summed E-state index contributed by atoms with van der Waals surface area (Å²) in [5, 5.41) is 10.4. The molecular formula is C27H16FN3O3. The Kier molecular flexibility index (Phi) is 5.24. The maximum Gasteiger partial charge on any atom is 0.354 e. The lowest BCUT2D eigenvalue weighted by Crippen LogP contribution is -2.04. The molecule has 0 saturated heterocycles. The molecule has 0 aliphatic heterocycles. The van der Waals surface area contributed by atoms with Crippen LogP contribution in [0.4, 0.5) is 10.1 Å². The fourth-order valence-electron chi connectivity index (χ4n) is 3.72. The van der Waals surface area contributed by atoms with Gasteiger partial charge < -0.3 is 14.4 Å². The number of pyridine rings is 1. The van der Waals surface area contributed by atoms with Crippen molar-refractivity contribution >= 4 is 22.6 Å². The van der Waals surface area contributed by atoms with Crippen molar-refractivity contribution in [3.05, 3.63) is 114 Å². The van der Waals surface area contributed by atoms with Crippen molar-refractivity contribution in [1.29, 1.82) is 0 Å². The second kappa shape index (κ2) is 8.52. The van der Waals surface area contributed by atoms with E-state index in [2.05, 4.69) is 9.83 Å². The van der Waals surface area contributed by atoms with E-state index in [4.69, 9.17) is 11.3 Å². The van der Waals surface area contributed by atoms with Crippen molar-refractivity contribution in [2.24, 2.45) is 0 Å². The summed E-state index contributed by atoms with van der Waals surface area (Å²) in [6.07, 6.45) is 1.81. The molecule has 0 saturated carbocycles. The van der Waals surface area contributed by atoms with Crippen LogP contribution in [0.3, 0.4) is 0 Å². The molecule has 0 fully saturated rings. The van der Waals surface area contributed by atoms with Crippen LogP contribution in [-0.2, 0) is 0 Å². The zero-order valence-electron chi connectivity index (χ0n) is 17.6. The number of hydrogen-bond donors (Lipinski definition) is 1. The highest BCUT2D eigenvalue weighted by atomic mass is 19.1. The first-order valence-corrected chi connectivity index (χ1v) is 10.3. The van der Waals surface area contributed by atoms with Crippen molar-refractivity contribution in [3.8, 4) is 28.4 Å². The highest BCUT2D eigenvalue weighted by Crippen LogP contribution is 2.31. The Labute approximate surface area is 193 Å². The van der Waals surface area contributed by atoms with E-state index in [9.17, 15) is 14.3 Å². The van der Waals surface area contributed by atoms with Crippen molar-refractivity contribution in [2.75, 3.05) is 0 Å². The first-order valence-electron chi connectivity index (χ1n) is 10.3. The van der Waals surface area contributed by atoms with Crippen LogP contribution in [0.2, 0.25) is 0 Å². The molecule has 0 atom stereocenters. The molecule has 164 valence electrons. The molecule has 2 heterocycles. The number of nitrogens with zero attached hydrogens (tertiary/aromatic N) is 3. The van der Waals surface area contributed by atoms with E-state index in [-0.39, 0.29) is 11.5 Å². The normalized spacial score (nSPS) is 10.7. The lowest BCUT2D eigenvalue weighted by Gasteiger charge is -2.11. The number of aromatic nitrogens is 2. The van der Waals surface area contributed by atoms with Gasteiger partial charge in [-0.05, 0) is 72.8 Å². The summed E-state index contributed by atoms with van der Waals surface area (Å²) in [6.45, 7) is 7.38. The number of ether oxygens (including phenoxy) is 1. The number of fused-ring (bicyclic) bond motifs is 1. The molecule has 5 aromatic rings. The molecule has 0 aliphatic rings. The lowest BCUT2D eigenvalue weighted by atomic mass is 10.1. The average Bonchev–Trinajstić information content (AvgIpc) is 3.30. The molecule has 7 heteroatoms. The van der Waals surface area contributed by atoms with Gasteiger partial charge in [0.05, 0.1) is 18.0 Å². The van der Waals surface area contributed by atoms with Gasteiger partial charge in [-0.2, -0.15) is 0 Å². The van der Waals surface area contributed by atoms with Crippen LogP contribution in [0.5, 0.6) is 11.5 Å². The lowest BCUT2D eigenvalue weighted by molar-refractivity contribution is 0.0690. The third-order valence-corrected chi connectivity index (χ3v) is 5.34. The minimum atomic E-state index is -1.14. The standard InChI is InChI=1S/C27H16FN3O3/c1-29-23-3-2-4-26-22(23)13-14-31(26)19-15-24(30-25(16-19)27(32)33)17-5-9-20(10-6-17)34-21-11-7-18(28)8-12-21/h2-16H,(H,32,33). The summed E-state index contributed by atoms with van der Waals surface area (Å²) in [6, 6.07) is 23.3. The van der Waals surface area contributed by atoms with Crippen LogP contribution >= 0.6 is 0 Å². The maximum absolute atomic E-state index is 13.1. The van der Waals surface area contributed by atoms with Gasteiger partial charge in [-0.1, -0.05) is 12.1 Å². The van der Waals surface area contributed by atoms with E-state index in [0.717, 1.165) is 10.9 Å². The van der Waals surface area contributed by atoms with Gasteiger partial charge in [0.15, 0.2) is 11.4 Å². The summed E-state index contributed by atoms with van der Waals surface area (Å²) < 4.78 is 20.7. The van der Waals surface area contributed by atoms with E-state index in [1.807, 2.05) is 22.9 Å². The predicted molar refractivity (Wildman–Crippen MR) is 126 cm³/mol. The fraction of sp³-hybridized carbons (Fsp3) is 0. The van der Waals surface area contributed by atoms with Crippen molar-refractivity contribution in [1.82, 2.24) is 9.55 Å². The van der Waals surface area contributed by atoms with Crippen LogP contribution in [0.1, 0.15) is 10.5 Å². The monoisotopic (exact) mass is 449 g/mol. The summed E-state index contributed by atoms with van der Waals surface area (Å²) in [7, 11) is 0. The first-order chi connectivity index (χ1) is 16.5. The van der Waals surface area contributed by atoms with Gasteiger partial charge in [0.25, 0.3) is 0 Å². The average molecular weight is 449 g/mol. The van der Waals surface area contributed by atoms with Gasteiger partial charge in [0.2, 0.25) is 0 Å². The van der Waals surface area contributed by atoms with E-state index < -0.39 is 5.97 Å². The van der Waals surface area contributed by atoms with E-state index >= 15 is 0 Å². The minimum absolute atomic E-state index is 0.0951. The van der Waals surface area contributed by atoms with Gasteiger partial charge in [-0.25, -0.2) is 19.0 Å². The Morgan fingerprint density at radius 2 is 1.68 bits per heavy atom. The van der Waals surface area contributed by atoms with Crippen molar-refractivity contribution in [2.45, 2.75) is 0 Å². The molecule has 1 N–H and O–H groups in total. The zero-order chi connectivity index (χ0) is 23.7. The van der Waals surface area contributed by atoms with Crippen LogP contribution < -0.4 is 4.74 Å². The highest BCUT2D eigenvalue weighted by molar-refractivity contribution is 5.94. The number of halogens is 1. The Bertz CT molecular complexity index is 1570. The van der Waals surface area contributed by atoms with Crippen LogP contribution in [0.25, 0.3) is 32.7 Å². The summed E-state index contributed by atoms with van der Waals surface area (Å²) >= 11 is 0. The van der Waals surface area contributed by atoms with Crippen LogP contribution in [0.15, 0.2) is 91.1 Å². The second-order valence-electron chi connectivity index (χ2n) is 7.49. The molecule has 0 bridgehead atoms. The molecular weight excluding hydrogens is 433 g/mol. The zero-order valence-corrected chi connectivity index (χ0v) is 17.6. The van der Waals surface area contributed by atoms with E-state index in [1.165, 1.54) is 30.3 Å². The first kappa shape index (κ1) is 20.9. The molecule has 0 spiro atoms. The third kappa shape index (κ3) is 3.96. The number of rotatable bonds is 5. The second-order valence-corrected chi connectivity index (χ2v) is 7.49. The number of aromatic carboxylic acids is 1. The van der Waals surface area contributed by atoms with Crippen molar-refractivity contribution < 1.29 is 19.0 Å². The molecule has 0 aliphatic carbocycles. The third-order valence-electron chi connectivity index (χ3n) is 5.34. The minimum Gasteiger partial charge on any atom is -0.477 e. The molecule has 34 heavy (non-hydrogen) atoms. The highest BCUT2D eigenvalue weighted by Gasteiger charge is 2.14. The quantitative estimate of drug-likeness (QED) is 0.297. The number of hydrogen-bond acceptors (Lipinski definition) is 3. The Hall–Kier alpha value is -4.96. The number of benzene rings is 3. The van der Waals surface area contributed by atoms with E-state index in [1.54, 1.807) is 42.5 Å². The Morgan fingerprint density at radius 3 is 2.35 bits per heavy atom. The maximum atomic E-state index is 13.1. The smallest absolute Gasteiger partial charge is 0.354 e. The molecule has 0 radical (unpaired) electrons. The SMILES string of the molecule is [C-]#[N+]c1cccc2c1ccn2-c1cc(C(=O)O)nc(-c2ccc(Oc3ccc(F)cc3)cc2)c1. The van der Waals surface area contributed by atoms with Gasteiger partial charge >= 0.3 is 5.97 Å². The largest absolute Gasteiger partial charge is 0.477 e. The molecule has 2 aromatic heterocycles. The number of carbonyl (C=O) groups is 1. The molecule has 0 unspecified atom stereocenters. The van der Waals surface area contributed by atoms with Gasteiger partial charge in [-0.15, -0.1) is 0 Å². The fourth-order valence-corrected chi connectivity index (χ4v) is 3.72. The number of carboxylic acid groups (broad SMARTS) is 1. The molecule has 6 nitrogen and oxygen atoms in total. The van der Waals surface area contributed by atoms with Gasteiger partial charge in [0, 0.05) is 22.7 Å². The van der Waals surface area contributed by atoms with Gasteiger partial charge in [-0.3, -0.25) is 0 Å². The Morgan fingerprint density at radius 1 is 0.971 bits per heavy atom. The summed E-state index contributed by atoms with van der Waals surface area (Å²) in [5.41, 5.74) is 3.03.